The number of methoxy groups -OCH3 is 1. The number of anilines is 1. The number of hydrogen-bond acceptors (Lipinski definition) is 6. The molecule has 2 aromatic carbocycles. The van der Waals surface area contributed by atoms with Crippen molar-refractivity contribution in [2.75, 3.05) is 45.2 Å². The number of carbonyl (C=O) groups is 1. The molecule has 0 spiro atoms. The average molecular weight is 576 g/mol. The number of imidazole rings is 1. The van der Waals surface area contributed by atoms with Gasteiger partial charge in [-0.25, -0.2) is 9.78 Å². The number of likely N-dealkylation sites (tertiary alicyclic amines) is 1. The number of rotatable bonds is 16. The lowest BCUT2D eigenvalue weighted by Crippen LogP contribution is -2.31. The molecule has 7 heteroatoms. The molecule has 2 heterocycles. The smallest absolute Gasteiger partial charge is 0.337 e. The summed E-state index contributed by atoms with van der Waals surface area (Å²) in [6.45, 7) is 17.7. The maximum absolute atomic E-state index is 11.8. The van der Waals surface area contributed by atoms with Gasteiger partial charge in [0.05, 0.1) is 23.7 Å². The predicted octanol–water partition coefficient (Wildman–Crippen LogP) is 7.21. The zero-order valence-electron chi connectivity index (χ0n) is 26.7. The average Bonchev–Trinajstić information content (AvgIpc) is 3.34. The standard InChI is InChI=1S/C35H53N5O2/c1-27(2)16-22-39(23-17-28(3)4)26-30-12-15-32-33(24-30)40(21-9-20-38-18-7-6-8-19-38)35(37-32)36-25-29-10-13-31(14-11-29)34(41)42-5/h10-15,24,27-28H,6-9,16-23,25-26H2,1-5H3,(H,36,37). The molecule has 0 saturated carbocycles. The fourth-order valence-corrected chi connectivity index (χ4v) is 5.73. The molecule has 1 N–H and O–H groups in total. The minimum Gasteiger partial charge on any atom is -0.465 e. The molecule has 1 aliphatic heterocycles. The van der Waals surface area contributed by atoms with Crippen molar-refractivity contribution in [2.24, 2.45) is 11.8 Å². The second-order valence-electron chi connectivity index (χ2n) is 12.8. The van der Waals surface area contributed by atoms with Crippen LogP contribution in [0.15, 0.2) is 42.5 Å². The third-order valence-electron chi connectivity index (χ3n) is 8.39. The molecule has 42 heavy (non-hydrogen) atoms. The molecule has 1 aliphatic rings. The number of aromatic nitrogens is 2. The highest BCUT2D eigenvalue weighted by Crippen LogP contribution is 2.24. The van der Waals surface area contributed by atoms with Crippen LogP contribution in [-0.4, -0.2) is 65.2 Å². The molecule has 0 bridgehead atoms. The molecule has 230 valence electrons. The van der Waals surface area contributed by atoms with E-state index in [0.717, 1.165) is 56.2 Å². The van der Waals surface area contributed by atoms with Crippen molar-refractivity contribution in [1.82, 2.24) is 19.4 Å². The molecular formula is C35H53N5O2. The fourth-order valence-electron chi connectivity index (χ4n) is 5.73. The summed E-state index contributed by atoms with van der Waals surface area (Å²) < 4.78 is 7.23. The number of ether oxygens (including phenoxy) is 1. The summed E-state index contributed by atoms with van der Waals surface area (Å²) in [7, 11) is 1.41. The Bertz CT molecular complexity index is 1230. The van der Waals surface area contributed by atoms with Gasteiger partial charge < -0.3 is 19.5 Å². The largest absolute Gasteiger partial charge is 0.465 e. The summed E-state index contributed by atoms with van der Waals surface area (Å²) in [5, 5.41) is 3.61. The van der Waals surface area contributed by atoms with Crippen LogP contribution in [0.1, 0.15) is 87.7 Å². The highest BCUT2D eigenvalue weighted by molar-refractivity contribution is 5.89. The quantitative estimate of drug-likeness (QED) is 0.182. The van der Waals surface area contributed by atoms with Crippen LogP contribution in [0.5, 0.6) is 0 Å². The molecular weight excluding hydrogens is 522 g/mol. The van der Waals surface area contributed by atoms with E-state index in [2.05, 4.69) is 65.6 Å². The van der Waals surface area contributed by atoms with E-state index in [1.165, 1.54) is 63.4 Å². The number of nitrogens with zero attached hydrogens (tertiary/aromatic N) is 4. The maximum Gasteiger partial charge on any atom is 0.337 e. The Labute approximate surface area is 253 Å². The van der Waals surface area contributed by atoms with Crippen LogP contribution in [0.25, 0.3) is 11.0 Å². The maximum atomic E-state index is 11.8. The van der Waals surface area contributed by atoms with E-state index in [9.17, 15) is 4.79 Å². The Hall–Kier alpha value is -2.90. The van der Waals surface area contributed by atoms with Crippen LogP contribution >= 0.6 is 0 Å². The van der Waals surface area contributed by atoms with Gasteiger partial charge in [0.25, 0.3) is 0 Å². The van der Waals surface area contributed by atoms with Gasteiger partial charge in [-0.3, -0.25) is 4.90 Å². The van der Waals surface area contributed by atoms with Gasteiger partial charge in [0.2, 0.25) is 5.95 Å². The predicted molar refractivity (Wildman–Crippen MR) is 174 cm³/mol. The summed E-state index contributed by atoms with van der Waals surface area (Å²) >= 11 is 0. The molecule has 0 atom stereocenters. The molecule has 1 saturated heterocycles. The van der Waals surface area contributed by atoms with Crippen LogP contribution < -0.4 is 5.32 Å². The number of nitrogens with one attached hydrogen (secondary N) is 1. The summed E-state index contributed by atoms with van der Waals surface area (Å²) in [6, 6.07) is 14.4. The first-order valence-corrected chi connectivity index (χ1v) is 16.2. The molecule has 0 radical (unpaired) electrons. The lowest BCUT2D eigenvalue weighted by atomic mass is 10.1. The Balaban J connectivity index is 1.53. The highest BCUT2D eigenvalue weighted by atomic mass is 16.5. The van der Waals surface area contributed by atoms with Crippen molar-refractivity contribution in [3.8, 4) is 0 Å². The lowest BCUT2D eigenvalue weighted by Gasteiger charge is -2.26. The monoisotopic (exact) mass is 575 g/mol. The first-order valence-electron chi connectivity index (χ1n) is 16.2. The number of carbonyl (C=O) groups excluding carboxylic acids is 1. The zero-order valence-corrected chi connectivity index (χ0v) is 26.7. The van der Waals surface area contributed by atoms with Gasteiger partial charge in [0.15, 0.2) is 0 Å². The van der Waals surface area contributed by atoms with Gasteiger partial charge in [-0.15, -0.1) is 0 Å². The van der Waals surface area contributed by atoms with E-state index >= 15 is 0 Å². The minimum atomic E-state index is -0.312. The molecule has 3 aromatic rings. The van der Waals surface area contributed by atoms with Crippen molar-refractivity contribution in [2.45, 2.75) is 85.9 Å². The molecule has 0 unspecified atom stereocenters. The first kappa shape index (κ1) is 32.0. The van der Waals surface area contributed by atoms with Gasteiger partial charge in [-0.1, -0.05) is 52.3 Å². The van der Waals surface area contributed by atoms with Crippen LogP contribution in [0.3, 0.4) is 0 Å². The third-order valence-corrected chi connectivity index (χ3v) is 8.39. The Kier molecular flexibility index (Phi) is 12.3. The van der Waals surface area contributed by atoms with Crippen molar-refractivity contribution in [3.63, 3.8) is 0 Å². The zero-order chi connectivity index (χ0) is 29.9. The first-order chi connectivity index (χ1) is 20.3. The summed E-state index contributed by atoms with van der Waals surface area (Å²) in [5.74, 6) is 2.02. The highest BCUT2D eigenvalue weighted by Gasteiger charge is 2.16. The fraction of sp³-hybridized carbons (Fsp3) is 0.600. The topological polar surface area (TPSA) is 62.6 Å². The molecule has 0 aliphatic carbocycles. The number of benzene rings is 2. The minimum absolute atomic E-state index is 0.312. The van der Waals surface area contributed by atoms with Crippen LogP contribution in [-0.2, 0) is 24.4 Å². The van der Waals surface area contributed by atoms with Gasteiger partial charge in [0.1, 0.15) is 0 Å². The van der Waals surface area contributed by atoms with E-state index in [-0.39, 0.29) is 5.97 Å². The van der Waals surface area contributed by atoms with Crippen LogP contribution in [0, 0.1) is 11.8 Å². The van der Waals surface area contributed by atoms with Crippen LogP contribution in [0.2, 0.25) is 0 Å². The third kappa shape index (κ3) is 9.56. The lowest BCUT2D eigenvalue weighted by molar-refractivity contribution is 0.0600. The van der Waals surface area contributed by atoms with Crippen molar-refractivity contribution in [3.05, 3.63) is 59.2 Å². The molecule has 7 nitrogen and oxygen atoms in total. The number of piperidine rings is 1. The molecule has 4 rings (SSSR count). The van der Waals surface area contributed by atoms with Crippen LogP contribution in [0.4, 0.5) is 5.95 Å². The SMILES string of the molecule is COC(=O)c1ccc(CNc2nc3ccc(CN(CCC(C)C)CCC(C)C)cc3n2CCCN2CCCCC2)cc1. The second-order valence-corrected chi connectivity index (χ2v) is 12.8. The van der Waals surface area contributed by atoms with E-state index in [1.54, 1.807) is 0 Å². The summed E-state index contributed by atoms with van der Waals surface area (Å²) in [5.41, 5.74) is 5.27. The number of hydrogen-bond donors (Lipinski definition) is 1. The molecule has 1 fully saturated rings. The second kappa shape index (κ2) is 16.1. The number of esters is 1. The van der Waals surface area contributed by atoms with Gasteiger partial charge in [-0.2, -0.15) is 0 Å². The molecule has 0 amide bonds. The van der Waals surface area contributed by atoms with E-state index in [0.29, 0.717) is 23.9 Å². The Morgan fingerprint density at radius 2 is 1.60 bits per heavy atom. The Morgan fingerprint density at radius 1 is 0.929 bits per heavy atom. The van der Waals surface area contributed by atoms with Crippen molar-refractivity contribution >= 4 is 23.0 Å². The number of aryl methyl sites for hydroxylation is 1. The van der Waals surface area contributed by atoms with Crippen molar-refractivity contribution in [1.29, 1.82) is 0 Å². The van der Waals surface area contributed by atoms with E-state index < -0.39 is 0 Å². The number of fused-ring (bicyclic) bond motifs is 1. The molecule has 1 aromatic heterocycles. The van der Waals surface area contributed by atoms with Gasteiger partial charge >= 0.3 is 5.97 Å². The van der Waals surface area contributed by atoms with E-state index in [1.807, 2.05) is 24.3 Å². The summed E-state index contributed by atoms with van der Waals surface area (Å²) in [4.78, 5) is 22.1. The van der Waals surface area contributed by atoms with Gasteiger partial charge in [-0.05, 0) is 112 Å². The van der Waals surface area contributed by atoms with Gasteiger partial charge in [0, 0.05) is 19.6 Å². The van der Waals surface area contributed by atoms with E-state index in [4.69, 9.17) is 9.72 Å². The normalized spacial score (nSPS) is 14.4. The summed E-state index contributed by atoms with van der Waals surface area (Å²) in [6.07, 6.45) is 7.57. The van der Waals surface area contributed by atoms with Crippen molar-refractivity contribution < 1.29 is 9.53 Å². The Morgan fingerprint density at radius 3 is 2.24 bits per heavy atom.